The van der Waals surface area contributed by atoms with Gasteiger partial charge in [-0.3, -0.25) is 4.79 Å². The lowest BCUT2D eigenvalue weighted by molar-refractivity contribution is 0.0687. The van der Waals surface area contributed by atoms with Crippen molar-refractivity contribution in [2.45, 2.75) is 25.8 Å². The van der Waals surface area contributed by atoms with Gasteiger partial charge in [0.2, 0.25) is 0 Å². The number of aromatic nitrogens is 3. The monoisotopic (exact) mass is 399 g/mol. The van der Waals surface area contributed by atoms with E-state index in [2.05, 4.69) is 22.3 Å². The smallest absolute Gasteiger partial charge is 0.273 e. The summed E-state index contributed by atoms with van der Waals surface area (Å²) in [6.45, 7) is 4.57. The zero-order valence-corrected chi connectivity index (χ0v) is 16.5. The molecular formula is C20H22FN5OS. The van der Waals surface area contributed by atoms with Crippen LogP contribution in [0.5, 0.6) is 0 Å². The molecule has 1 N–H and O–H groups in total. The Balaban J connectivity index is 1.56. The van der Waals surface area contributed by atoms with E-state index in [4.69, 9.17) is 0 Å². The Bertz CT molecular complexity index is 963. The number of nitrogens with zero attached hydrogens (tertiary/aromatic N) is 4. The van der Waals surface area contributed by atoms with Gasteiger partial charge in [-0.05, 0) is 31.5 Å². The summed E-state index contributed by atoms with van der Waals surface area (Å²) in [7, 11) is 0. The van der Waals surface area contributed by atoms with E-state index >= 15 is 0 Å². The molecule has 4 rings (SSSR count). The molecule has 1 atom stereocenters. The van der Waals surface area contributed by atoms with Gasteiger partial charge in [-0.15, -0.1) is 11.3 Å². The van der Waals surface area contributed by atoms with Gasteiger partial charge in [-0.2, -0.15) is 5.10 Å². The Morgan fingerprint density at radius 3 is 3.04 bits per heavy atom. The molecule has 1 aromatic carbocycles. The van der Waals surface area contributed by atoms with Gasteiger partial charge in [0.15, 0.2) is 0 Å². The molecule has 6 nitrogen and oxygen atoms in total. The van der Waals surface area contributed by atoms with Crippen LogP contribution in [-0.4, -0.2) is 51.2 Å². The van der Waals surface area contributed by atoms with E-state index in [1.54, 1.807) is 36.0 Å². The Morgan fingerprint density at radius 1 is 1.43 bits per heavy atom. The lowest BCUT2D eigenvalue weighted by Gasteiger charge is -2.27. The molecule has 0 spiro atoms. The maximum atomic E-state index is 14.0. The van der Waals surface area contributed by atoms with Crippen molar-refractivity contribution in [1.82, 2.24) is 25.0 Å². The molecule has 28 heavy (non-hydrogen) atoms. The second-order valence-corrected chi connectivity index (χ2v) is 7.67. The molecule has 0 aliphatic carbocycles. The second-order valence-electron chi connectivity index (χ2n) is 6.81. The number of carbonyl (C=O) groups excluding carboxylic acids is 1. The zero-order valence-electron chi connectivity index (χ0n) is 15.6. The van der Waals surface area contributed by atoms with Crippen molar-refractivity contribution in [3.05, 3.63) is 53.6 Å². The third-order valence-corrected chi connectivity index (χ3v) is 5.74. The van der Waals surface area contributed by atoms with Gasteiger partial charge in [0.25, 0.3) is 5.91 Å². The van der Waals surface area contributed by atoms with E-state index < -0.39 is 0 Å². The molecule has 0 saturated carbocycles. The summed E-state index contributed by atoms with van der Waals surface area (Å²) in [6.07, 6.45) is 5.26. The summed E-state index contributed by atoms with van der Waals surface area (Å²) in [6, 6.07) is 6.70. The summed E-state index contributed by atoms with van der Waals surface area (Å²) < 4.78 is 15.5. The van der Waals surface area contributed by atoms with Crippen LogP contribution < -0.4 is 5.32 Å². The fourth-order valence-electron chi connectivity index (χ4n) is 3.45. The van der Waals surface area contributed by atoms with Gasteiger partial charge in [-0.1, -0.05) is 19.1 Å². The summed E-state index contributed by atoms with van der Waals surface area (Å²) in [4.78, 5) is 19.5. The van der Waals surface area contributed by atoms with Crippen molar-refractivity contribution in [2.75, 3.05) is 19.6 Å². The molecule has 3 heterocycles. The highest BCUT2D eigenvalue weighted by Crippen LogP contribution is 2.26. The van der Waals surface area contributed by atoms with Crippen LogP contribution in [0.3, 0.4) is 0 Å². The molecule has 1 aliphatic heterocycles. The van der Waals surface area contributed by atoms with Gasteiger partial charge in [0.05, 0.1) is 6.20 Å². The first-order chi connectivity index (χ1) is 13.7. The Morgan fingerprint density at radius 2 is 2.29 bits per heavy atom. The largest absolute Gasteiger partial charge is 0.333 e. The van der Waals surface area contributed by atoms with Gasteiger partial charge in [-0.25, -0.2) is 14.1 Å². The minimum Gasteiger partial charge on any atom is -0.333 e. The van der Waals surface area contributed by atoms with Crippen LogP contribution in [0.15, 0.2) is 42.0 Å². The number of para-hydroxylation sites is 1. The van der Waals surface area contributed by atoms with E-state index in [9.17, 15) is 9.18 Å². The molecule has 1 fully saturated rings. The predicted octanol–water partition coefficient (Wildman–Crippen LogP) is 3.35. The van der Waals surface area contributed by atoms with E-state index in [0.29, 0.717) is 16.4 Å². The highest BCUT2D eigenvalue weighted by atomic mass is 32.1. The van der Waals surface area contributed by atoms with Gasteiger partial charge in [0, 0.05) is 36.3 Å². The van der Waals surface area contributed by atoms with Crippen molar-refractivity contribution in [3.8, 4) is 16.3 Å². The molecular weight excluding hydrogens is 377 g/mol. The molecule has 8 heteroatoms. The average molecular weight is 399 g/mol. The van der Waals surface area contributed by atoms with Crippen LogP contribution in [0.25, 0.3) is 16.3 Å². The summed E-state index contributed by atoms with van der Waals surface area (Å²) in [5, 5.41) is 10.1. The minimum absolute atomic E-state index is 0.0282. The Kier molecular flexibility index (Phi) is 5.50. The third kappa shape index (κ3) is 3.70. The number of benzene rings is 1. The van der Waals surface area contributed by atoms with Crippen molar-refractivity contribution in [3.63, 3.8) is 0 Å². The van der Waals surface area contributed by atoms with E-state index in [-0.39, 0.29) is 17.8 Å². The average Bonchev–Trinajstić information content (AvgIpc) is 3.47. The van der Waals surface area contributed by atoms with Crippen molar-refractivity contribution >= 4 is 17.2 Å². The maximum absolute atomic E-state index is 14.0. The van der Waals surface area contributed by atoms with E-state index in [1.165, 1.54) is 22.1 Å². The highest BCUT2D eigenvalue weighted by molar-refractivity contribution is 7.13. The Hall–Kier alpha value is -2.58. The van der Waals surface area contributed by atoms with Crippen LogP contribution in [0.2, 0.25) is 0 Å². The fraction of sp³-hybridized carbons (Fsp3) is 0.350. The normalized spacial score (nSPS) is 16.4. The molecule has 0 unspecified atom stereocenters. The lowest BCUT2D eigenvalue weighted by atomic mass is 10.2. The number of hydrogen-bond acceptors (Lipinski definition) is 5. The summed E-state index contributed by atoms with van der Waals surface area (Å²) >= 11 is 1.40. The van der Waals surface area contributed by atoms with Crippen LogP contribution in [0.4, 0.5) is 4.39 Å². The number of hydrogen-bond donors (Lipinski definition) is 1. The van der Waals surface area contributed by atoms with E-state index in [0.717, 1.165) is 38.0 Å². The summed E-state index contributed by atoms with van der Waals surface area (Å²) in [5.74, 6) is -0.368. The molecule has 0 radical (unpaired) electrons. The van der Waals surface area contributed by atoms with Crippen LogP contribution in [0, 0.1) is 5.82 Å². The molecule has 1 aliphatic rings. The van der Waals surface area contributed by atoms with Crippen molar-refractivity contribution < 1.29 is 9.18 Å². The molecule has 3 aromatic rings. The zero-order chi connectivity index (χ0) is 19.5. The Labute approximate surface area is 167 Å². The van der Waals surface area contributed by atoms with Crippen LogP contribution >= 0.6 is 11.3 Å². The number of rotatable bonds is 6. The topological polar surface area (TPSA) is 63.1 Å². The number of amides is 1. The molecule has 1 saturated heterocycles. The number of halogens is 1. The quantitative estimate of drug-likeness (QED) is 0.691. The predicted molar refractivity (Wildman–Crippen MR) is 107 cm³/mol. The van der Waals surface area contributed by atoms with Crippen LogP contribution in [0.1, 0.15) is 30.3 Å². The molecule has 0 bridgehead atoms. The number of thiazole rings is 1. The SMILES string of the molecule is CCCN(C(=O)c1csc(-c2cnn(-c3ccccc3F)c2)n1)[C@H]1CCNC1. The van der Waals surface area contributed by atoms with Crippen LogP contribution in [-0.2, 0) is 0 Å². The summed E-state index contributed by atoms with van der Waals surface area (Å²) in [5.41, 5.74) is 1.60. The molecule has 146 valence electrons. The van der Waals surface area contributed by atoms with Crippen molar-refractivity contribution in [1.29, 1.82) is 0 Å². The first kappa shape index (κ1) is 18.8. The number of nitrogens with one attached hydrogen (secondary N) is 1. The van der Waals surface area contributed by atoms with Gasteiger partial charge < -0.3 is 10.2 Å². The van der Waals surface area contributed by atoms with Gasteiger partial charge >= 0.3 is 0 Å². The molecule has 2 aromatic heterocycles. The third-order valence-electron chi connectivity index (χ3n) is 4.85. The highest BCUT2D eigenvalue weighted by Gasteiger charge is 2.28. The second kappa shape index (κ2) is 8.20. The first-order valence-electron chi connectivity index (χ1n) is 9.44. The first-order valence-corrected chi connectivity index (χ1v) is 10.3. The lowest BCUT2D eigenvalue weighted by Crippen LogP contribution is -2.42. The maximum Gasteiger partial charge on any atom is 0.273 e. The minimum atomic E-state index is -0.340. The fourth-order valence-corrected chi connectivity index (χ4v) is 4.22. The van der Waals surface area contributed by atoms with E-state index in [1.807, 2.05) is 4.90 Å². The van der Waals surface area contributed by atoms with Crippen molar-refractivity contribution in [2.24, 2.45) is 0 Å². The standard InChI is InChI=1S/C20H22FN5OS/c1-2-9-25(15-7-8-22-11-15)20(27)17-13-28-19(24-17)14-10-23-26(12-14)18-6-4-3-5-16(18)21/h3-6,10,12-13,15,22H,2,7-9,11H2,1H3/t15-/m0/s1. The molecule has 1 amide bonds. The number of carbonyl (C=O) groups is 1. The van der Waals surface area contributed by atoms with Gasteiger partial charge in [0.1, 0.15) is 22.2 Å².